The Morgan fingerprint density at radius 1 is 1.44 bits per heavy atom. The number of nitrogens with one attached hydrogen (secondary N) is 1. The Morgan fingerprint density at radius 3 is 2.56 bits per heavy atom. The van der Waals surface area contributed by atoms with E-state index >= 15 is 0 Å². The average Bonchev–Trinajstić information content (AvgIpc) is 2.29. The van der Waals surface area contributed by atoms with Gasteiger partial charge in [-0.3, -0.25) is 4.79 Å². The molecule has 0 aliphatic rings. The van der Waals surface area contributed by atoms with Crippen molar-refractivity contribution in [2.45, 2.75) is 26.3 Å². The van der Waals surface area contributed by atoms with Crippen LogP contribution in [0.3, 0.4) is 0 Å². The molecular formula is C13H21ClN2O2. The van der Waals surface area contributed by atoms with Gasteiger partial charge in [0.25, 0.3) is 5.91 Å². The van der Waals surface area contributed by atoms with Crippen molar-refractivity contribution in [3.05, 3.63) is 29.3 Å². The molecule has 0 saturated carbocycles. The number of aryl methyl sites for hydroxylation is 1. The fourth-order valence-electron chi connectivity index (χ4n) is 1.39. The molecule has 0 aliphatic heterocycles. The minimum absolute atomic E-state index is 0. The highest BCUT2D eigenvalue weighted by molar-refractivity contribution is 5.95. The van der Waals surface area contributed by atoms with E-state index in [1.165, 1.54) is 0 Å². The average molecular weight is 273 g/mol. The van der Waals surface area contributed by atoms with E-state index in [1.54, 1.807) is 19.2 Å². The van der Waals surface area contributed by atoms with Gasteiger partial charge in [0.15, 0.2) is 0 Å². The van der Waals surface area contributed by atoms with Crippen molar-refractivity contribution in [3.8, 4) is 5.75 Å². The van der Waals surface area contributed by atoms with E-state index in [-0.39, 0.29) is 18.3 Å². The largest absolute Gasteiger partial charge is 0.496 e. The van der Waals surface area contributed by atoms with Gasteiger partial charge >= 0.3 is 0 Å². The summed E-state index contributed by atoms with van der Waals surface area (Å²) in [7, 11) is 1.59. The molecule has 18 heavy (non-hydrogen) atoms. The minimum Gasteiger partial charge on any atom is -0.496 e. The van der Waals surface area contributed by atoms with E-state index in [0.717, 1.165) is 5.56 Å². The molecule has 0 bridgehead atoms. The number of methoxy groups -OCH3 is 1. The second-order valence-electron chi connectivity index (χ2n) is 4.73. The molecule has 3 N–H and O–H groups in total. The lowest BCUT2D eigenvalue weighted by Gasteiger charge is -2.24. The zero-order chi connectivity index (χ0) is 13.1. The van der Waals surface area contributed by atoms with Gasteiger partial charge in [-0.2, -0.15) is 0 Å². The molecule has 1 rings (SSSR count). The quantitative estimate of drug-likeness (QED) is 0.880. The first-order valence-corrected chi connectivity index (χ1v) is 5.57. The van der Waals surface area contributed by atoms with Gasteiger partial charge in [-0.1, -0.05) is 6.07 Å². The lowest BCUT2D eigenvalue weighted by molar-refractivity contribution is 0.0915. The summed E-state index contributed by atoms with van der Waals surface area (Å²) in [6.45, 7) is 6.10. The summed E-state index contributed by atoms with van der Waals surface area (Å²) in [5.41, 5.74) is 6.75. The van der Waals surface area contributed by atoms with Crippen LogP contribution in [0, 0.1) is 6.92 Å². The van der Waals surface area contributed by atoms with Crippen molar-refractivity contribution in [1.29, 1.82) is 0 Å². The topological polar surface area (TPSA) is 64.3 Å². The first kappa shape index (κ1) is 16.7. The van der Waals surface area contributed by atoms with E-state index in [2.05, 4.69) is 5.32 Å². The maximum absolute atomic E-state index is 12.0. The monoisotopic (exact) mass is 272 g/mol. The molecule has 0 heterocycles. The van der Waals surface area contributed by atoms with Crippen molar-refractivity contribution in [2.75, 3.05) is 13.7 Å². The molecule has 0 fully saturated rings. The van der Waals surface area contributed by atoms with Crippen LogP contribution < -0.4 is 15.8 Å². The highest BCUT2D eigenvalue weighted by atomic mass is 35.5. The second-order valence-corrected chi connectivity index (χ2v) is 4.73. The summed E-state index contributed by atoms with van der Waals surface area (Å²) in [5.74, 6) is 0.571. The van der Waals surface area contributed by atoms with E-state index in [4.69, 9.17) is 10.5 Å². The second kappa shape index (κ2) is 6.61. The third-order valence-electron chi connectivity index (χ3n) is 2.63. The fraction of sp³-hybridized carbons (Fsp3) is 0.462. The number of amides is 1. The molecule has 0 atom stereocenters. The zero-order valence-corrected chi connectivity index (χ0v) is 12.1. The van der Waals surface area contributed by atoms with Gasteiger partial charge in [0.1, 0.15) is 5.75 Å². The van der Waals surface area contributed by atoms with Gasteiger partial charge in [-0.15, -0.1) is 12.4 Å². The first-order valence-electron chi connectivity index (χ1n) is 5.57. The van der Waals surface area contributed by atoms with E-state index in [0.29, 0.717) is 17.9 Å². The van der Waals surface area contributed by atoms with Gasteiger partial charge in [0, 0.05) is 17.6 Å². The molecule has 0 saturated heterocycles. The summed E-state index contributed by atoms with van der Waals surface area (Å²) in [6.07, 6.45) is 0. The Balaban J connectivity index is 0.00000289. The molecule has 0 radical (unpaired) electrons. The summed E-state index contributed by atoms with van der Waals surface area (Å²) >= 11 is 0. The summed E-state index contributed by atoms with van der Waals surface area (Å²) in [4.78, 5) is 12.0. The highest BCUT2D eigenvalue weighted by Crippen LogP contribution is 2.19. The van der Waals surface area contributed by atoms with Gasteiger partial charge < -0.3 is 15.8 Å². The van der Waals surface area contributed by atoms with Crippen molar-refractivity contribution in [1.82, 2.24) is 5.32 Å². The number of nitrogens with two attached hydrogens (primary N) is 1. The molecule has 0 unspecified atom stereocenters. The van der Waals surface area contributed by atoms with Crippen molar-refractivity contribution >= 4 is 18.3 Å². The number of halogens is 1. The summed E-state index contributed by atoms with van der Waals surface area (Å²) in [6, 6.07) is 5.38. The number of ether oxygens (including phenoxy) is 1. The minimum atomic E-state index is -0.408. The van der Waals surface area contributed by atoms with E-state index in [1.807, 2.05) is 26.8 Å². The highest BCUT2D eigenvalue weighted by Gasteiger charge is 2.19. The van der Waals surface area contributed by atoms with Gasteiger partial charge in [-0.05, 0) is 38.5 Å². The van der Waals surface area contributed by atoms with Crippen LogP contribution in [0.2, 0.25) is 0 Å². The number of hydrogen-bond donors (Lipinski definition) is 2. The molecular weight excluding hydrogens is 252 g/mol. The third kappa shape index (κ3) is 4.20. The van der Waals surface area contributed by atoms with Crippen LogP contribution >= 0.6 is 12.4 Å². The van der Waals surface area contributed by atoms with Crippen LogP contribution in [-0.2, 0) is 0 Å². The van der Waals surface area contributed by atoms with Crippen molar-refractivity contribution in [2.24, 2.45) is 5.73 Å². The Hall–Kier alpha value is -1.26. The van der Waals surface area contributed by atoms with Crippen molar-refractivity contribution < 1.29 is 9.53 Å². The van der Waals surface area contributed by atoms with Crippen LogP contribution in [-0.4, -0.2) is 25.1 Å². The van der Waals surface area contributed by atoms with Gasteiger partial charge in [0.05, 0.1) is 7.11 Å². The molecule has 0 spiro atoms. The number of carbonyl (C=O) groups excluding carboxylic acids is 1. The third-order valence-corrected chi connectivity index (χ3v) is 2.63. The Labute approximate surface area is 114 Å². The maximum atomic E-state index is 12.0. The number of carbonyl (C=O) groups is 1. The van der Waals surface area contributed by atoms with Gasteiger partial charge in [0.2, 0.25) is 0 Å². The maximum Gasteiger partial charge on any atom is 0.251 e. The summed E-state index contributed by atoms with van der Waals surface area (Å²) in [5, 5.41) is 2.87. The molecule has 0 aromatic heterocycles. The van der Waals surface area contributed by atoms with Gasteiger partial charge in [-0.25, -0.2) is 0 Å². The van der Waals surface area contributed by atoms with Crippen LogP contribution in [0.1, 0.15) is 29.8 Å². The molecule has 4 nitrogen and oxygen atoms in total. The Bertz CT molecular complexity index is 419. The van der Waals surface area contributed by atoms with E-state index in [9.17, 15) is 4.79 Å². The first-order chi connectivity index (χ1) is 7.89. The van der Waals surface area contributed by atoms with E-state index < -0.39 is 5.54 Å². The van der Waals surface area contributed by atoms with Crippen molar-refractivity contribution in [3.63, 3.8) is 0 Å². The zero-order valence-electron chi connectivity index (χ0n) is 11.2. The van der Waals surface area contributed by atoms with Crippen LogP contribution in [0.5, 0.6) is 5.75 Å². The van der Waals surface area contributed by atoms with Crippen LogP contribution in [0.15, 0.2) is 18.2 Å². The smallest absolute Gasteiger partial charge is 0.251 e. The predicted molar refractivity (Wildman–Crippen MR) is 75.6 cm³/mol. The lowest BCUT2D eigenvalue weighted by Crippen LogP contribution is -2.48. The summed E-state index contributed by atoms with van der Waals surface area (Å²) < 4.78 is 5.19. The number of benzene rings is 1. The molecule has 5 heteroatoms. The predicted octanol–water partition coefficient (Wildman–Crippen LogP) is 1.89. The van der Waals surface area contributed by atoms with Crippen LogP contribution in [0.4, 0.5) is 0 Å². The molecule has 1 aromatic carbocycles. The standard InChI is InChI=1S/C13H20N2O2.ClH/c1-9-5-6-10(7-11(9)17-4)12(16)15-13(2,3)8-14;/h5-7H,8,14H2,1-4H3,(H,15,16);1H. The normalized spacial score (nSPS) is 10.5. The molecule has 1 aromatic rings. The molecule has 0 aliphatic carbocycles. The lowest BCUT2D eigenvalue weighted by atomic mass is 10.0. The SMILES string of the molecule is COc1cc(C(=O)NC(C)(C)CN)ccc1C.Cl. The Kier molecular flexibility index (Phi) is 6.15. The molecule has 102 valence electrons. The number of rotatable bonds is 4. The Morgan fingerprint density at radius 2 is 2.06 bits per heavy atom. The fourth-order valence-corrected chi connectivity index (χ4v) is 1.39. The van der Waals surface area contributed by atoms with Crippen LogP contribution in [0.25, 0.3) is 0 Å². The number of hydrogen-bond acceptors (Lipinski definition) is 3. The molecule has 1 amide bonds.